The van der Waals surface area contributed by atoms with Gasteiger partial charge in [0.2, 0.25) is 0 Å². The topological polar surface area (TPSA) is 0 Å². The number of rotatable bonds is 8. The fourth-order valence-electron chi connectivity index (χ4n) is 1.71. The number of halogens is 3. The summed E-state index contributed by atoms with van der Waals surface area (Å²) in [6, 6.07) is 0. The second-order valence-electron chi connectivity index (χ2n) is 3.92. The molecule has 0 aliphatic rings. The van der Waals surface area contributed by atoms with E-state index in [4.69, 9.17) is 0 Å². The summed E-state index contributed by atoms with van der Waals surface area (Å²) in [5.41, 5.74) is 0.538. The molecule has 3 heteroatoms. The Morgan fingerprint density at radius 2 is 2.12 bits per heavy atom. The lowest BCUT2D eigenvalue weighted by molar-refractivity contribution is 0.272. The molecule has 17 heavy (non-hydrogen) atoms. The van der Waals surface area contributed by atoms with E-state index in [1.807, 2.05) is 6.92 Å². The molecule has 0 saturated heterocycles. The predicted octanol–water partition coefficient (Wildman–Crippen LogP) is 5.55. The molecular weight excluding hydrogens is 333 g/mol. The Hall–Kier alpha value is -0.190. The first-order valence-corrected chi connectivity index (χ1v) is 7.48. The maximum absolute atomic E-state index is 13.8. The van der Waals surface area contributed by atoms with Crippen molar-refractivity contribution in [2.75, 3.05) is 4.43 Å². The average Bonchev–Trinajstić information content (AvgIpc) is 2.30. The van der Waals surface area contributed by atoms with E-state index in [1.54, 1.807) is 13.0 Å². The summed E-state index contributed by atoms with van der Waals surface area (Å²) < 4.78 is 28.1. The number of allylic oxidation sites excluding steroid dienone is 5. The third-order valence-corrected chi connectivity index (χ3v) is 3.31. The summed E-state index contributed by atoms with van der Waals surface area (Å²) in [7, 11) is 0. The van der Waals surface area contributed by atoms with Gasteiger partial charge in [0.15, 0.2) is 0 Å². The maximum Gasteiger partial charge on any atom is 0.126 e. The first-order valence-electron chi connectivity index (χ1n) is 5.95. The van der Waals surface area contributed by atoms with Crippen LogP contribution in [0.15, 0.2) is 36.2 Å². The highest BCUT2D eigenvalue weighted by Gasteiger charge is 2.19. The molecular formula is C14H21F2I. The van der Waals surface area contributed by atoms with Crippen LogP contribution in [-0.4, -0.2) is 10.6 Å². The lowest BCUT2D eigenvalue weighted by Gasteiger charge is -2.19. The second-order valence-corrected chi connectivity index (χ2v) is 5.00. The van der Waals surface area contributed by atoms with E-state index in [1.165, 1.54) is 12.2 Å². The zero-order chi connectivity index (χ0) is 13.3. The van der Waals surface area contributed by atoms with Crippen molar-refractivity contribution in [2.24, 2.45) is 5.92 Å². The highest BCUT2D eigenvalue weighted by molar-refractivity contribution is 14.1. The number of hydrogen-bond donors (Lipinski definition) is 0. The first-order chi connectivity index (χ1) is 8.10. The van der Waals surface area contributed by atoms with Crippen molar-refractivity contribution in [1.29, 1.82) is 0 Å². The van der Waals surface area contributed by atoms with E-state index in [0.717, 1.165) is 10.8 Å². The molecule has 0 heterocycles. The molecule has 0 aromatic carbocycles. The van der Waals surface area contributed by atoms with Gasteiger partial charge >= 0.3 is 0 Å². The van der Waals surface area contributed by atoms with Crippen LogP contribution in [0.2, 0.25) is 0 Å². The lowest BCUT2D eigenvalue weighted by atomic mass is 9.89. The van der Waals surface area contributed by atoms with Gasteiger partial charge in [-0.25, -0.2) is 8.78 Å². The summed E-state index contributed by atoms with van der Waals surface area (Å²) in [6.07, 6.45) is 5.36. The van der Waals surface area contributed by atoms with Crippen LogP contribution in [0.3, 0.4) is 0 Å². The SMILES string of the molecule is C=C/C(=C(F)\C=C/C)C(CCI)C[C@@H](F)CC. The molecule has 0 aromatic heterocycles. The highest BCUT2D eigenvalue weighted by Crippen LogP contribution is 2.28. The van der Waals surface area contributed by atoms with Crippen molar-refractivity contribution in [3.05, 3.63) is 36.2 Å². The van der Waals surface area contributed by atoms with Gasteiger partial charge < -0.3 is 0 Å². The zero-order valence-electron chi connectivity index (χ0n) is 10.6. The van der Waals surface area contributed by atoms with Crippen molar-refractivity contribution in [3.8, 4) is 0 Å². The van der Waals surface area contributed by atoms with Crippen LogP contribution in [0.1, 0.15) is 33.1 Å². The van der Waals surface area contributed by atoms with E-state index in [2.05, 4.69) is 29.2 Å². The van der Waals surface area contributed by atoms with Crippen LogP contribution >= 0.6 is 22.6 Å². The molecule has 0 nitrogen and oxygen atoms in total. The summed E-state index contributed by atoms with van der Waals surface area (Å²) in [5, 5.41) is 0. The molecule has 0 aromatic rings. The van der Waals surface area contributed by atoms with Crippen molar-refractivity contribution in [2.45, 2.75) is 39.3 Å². The van der Waals surface area contributed by atoms with Crippen LogP contribution in [0.25, 0.3) is 0 Å². The Morgan fingerprint density at radius 1 is 1.47 bits per heavy atom. The van der Waals surface area contributed by atoms with Crippen molar-refractivity contribution < 1.29 is 8.78 Å². The van der Waals surface area contributed by atoms with Crippen LogP contribution in [0.4, 0.5) is 8.78 Å². The Labute approximate surface area is 117 Å². The van der Waals surface area contributed by atoms with Gasteiger partial charge in [0, 0.05) is 4.43 Å². The molecule has 0 amide bonds. The molecule has 0 saturated carbocycles. The Bertz CT molecular complexity index is 282. The molecule has 0 aliphatic heterocycles. The largest absolute Gasteiger partial charge is 0.247 e. The Morgan fingerprint density at radius 3 is 2.53 bits per heavy atom. The van der Waals surface area contributed by atoms with Gasteiger partial charge in [0.25, 0.3) is 0 Å². The number of hydrogen-bond acceptors (Lipinski definition) is 0. The molecule has 0 fully saturated rings. The van der Waals surface area contributed by atoms with Crippen LogP contribution < -0.4 is 0 Å². The van der Waals surface area contributed by atoms with Gasteiger partial charge in [-0.15, -0.1) is 0 Å². The third kappa shape index (κ3) is 6.34. The van der Waals surface area contributed by atoms with E-state index >= 15 is 0 Å². The fraction of sp³-hybridized carbons (Fsp3) is 0.571. The molecule has 0 aliphatic carbocycles. The van der Waals surface area contributed by atoms with Gasteiger partial charge in [-0.3, -0.25) is 0 Å². The summed E-state index contributed by atoms with van der Waals surface area (Å²) in [6.45, 7) is 7.22. The van der Waals surface area contributed by atoms with Gasteiger partial charge in [0.05, 0.1) is 0 Å². The van der Waals surface area contributed by atoms with Gasteiger partial charge in [-0.1, -0.05) is 48.2 Å². The fourth-order valence-corrected chi connectivity index (χ4v) is 2.46. The summed E-state index contributed by atoms with van der Waals surface area (Å²) >= 11 is 2.24. The summed E-state index contributed by atoms with van der Waals surface area (Å²) in [4.78, 5) is 0. The Balaban J connectivity index is 4.98. The monoisotopic (exact) mass is 354 g/mol. The molecule has 0 spiro atoms. The smallest absolute Gasteiger partial charge is 0.126 e. The lowest BCUT2D eigenvalue weighted by Crippen LogP contribution is -2.12. The molecule has 1 unspecified atom stereocenters. The Kier molecular flexibility index (Phi) is 9.69. The minimum atomic E-state index is -0.865. The molecule has 2 atom stereocenters. The minimum Gasteiger partial charge on any atom is -0.247 e. The molecule has 0 N–H and O–H groups in total. The molecule has 0 radical (unpaired) electrons. The van der Waals surface area contributed by atoms with Gasteiger partial charge in [-0.2, -0.15) is 0 Å². The van der Waals surface area contributed by atoms with Crippen molar-refractivity contribution >= 4 is 22.6 Å². The van der Waals surface area contributed by atoms with Crippen LogP contribution in [0.5, 0.6) is 0 Å². The second kappa shape index (κ2) is 9.80. The van der Waals surface area contributed by atoms with Crippen molar-refractivity contribution in [3.63, 3.8) is 0 Å². The molecule has 0 rings (SSSR count). The van der Waals surface area contributed by atoms with Crippen molar-refractivity contribution in [1.82, 2.24) is 0 Å². The molecule has 98 valence electrons. The van der Waals surface area contributed by atoms with E-state index in [9.17, 15) is 8.78 Å². The first kappa shape index (κ1) is 16.8. The van der Waals surface area contributed by atoms with Gasteiger partial charge in [0.1, 0.15) is 12.0 Å². The standard InChI is InChI=1S/C14H21F2I/c1-4-7-14(16)13(6-3)11(8-9-17)10-12(15)5-2/h4,6-7,11-12H,3,5,8-10H2,1-2H3/b7-4-,14-13-/t11?,12-/m0/s1. The van der Waals surface area contributed by atoms with Crippen LogP contribution in [0, 0.1) is 5.92 Å². The zero-order valence-corrected chi connectivity index (χ0v) is 12.7. The molecule has 0 bridgehead atoms. The average molecular weight is 354 g/mol. The van der Waals surface area contributed by atoms with Gasteiger partial charge in [-0.05, 0) is 43.8 Å². The van der Waals surface area contributed by atoms with E-state index in [-0.39, 0.29) is 11.7 Å². The van der Waals surface area contributed by atoms with Crippen LogP contribution in [-0.2, 0) is 0 Å². The third-order valence-electron chi connectivity index (χ3n) is 2.69. The quantitative estimate of drug-likeness (QED) is 0.305. The highest BCUT2D eigenvalue weighted by atomic mass is 127. The summed E-state index contributed by atoms with van der Waals surface area (Å²) in [5.74, 6) is -0.365. The predicted molar refractivity (Wildman–Crippen MR) is 79.9 cm³/mol. The number of alkyl halides is 2. The minimum absolute atomic E-state index is 0.0736. The van der Waals surface area contributed by atoms with E-state index < -0.39 is 6.17 Å². The maximum atomic E-state index is 13.8. The van der Waals surface area contributed by atoms with E-state index in [0.29, 0.717) is 18.4 Å². The normalized spacial score (nSPS) is 16.8.